The van der Waals surface area contributed by atoms with Crippen molar-refractivity contribution in [3.8, 4) is 0 Å². The molecule has 0 bridgehead atoms. The van der Waals surface area contributed by atoms with Crippen LogP contribution in [0.3, 0.4) is 0 Å². The number of carboxylic acid groups (broad SMARTS) is 2. The number of rotatable bonds is 18. The van der Waals surface area contributed by atoms with Gasteiger partial charge in [-0.15, -0.1) is 0 Å². The van der Waals surface area contributed by atoms with Crippen molar-refractivity contribution >= 4 is 46.5 Å². The van der Waals surface area contributed by atoms with Crippen molar-refractivity contribution in [1.82, 2.24) is 9.80 Å². The fourth-order valence-corrected chi connectivity index (χ4v) is 8.87. The third-order valence-electron chi connectivity index (χ3n) is 12.2. The predicted octanol–water partition coefficient (Wildman–Crippen LogP) is 4.79. The molecule has 14 heteroatoms. The molecule has 2 aliphatic rings. The van der Waals surface area contributed by atoms with E-state index in [2.05, 4.69) is 19.8 Å². The van der Waals surface area contributed by atoms with E-state index in [0.717, 1.165) is 37.1 Å². The van der Waals surface area contributed by atoms with E-state index in [0.29, 0.717) is 48.2 Å². The van der Waals surface area contributed by atoms with Gasteiger partial charge in [0.05, 0.1) is 46.8 Å². The van der Waals surface area contributed by atoms with E-state index >= 15 is 0 Å². The zero-order valence-corrected chi connectivity index (χ0v) is 39.6. The van der Waals surface area contributed by atoms with E-state index in [9.17, 15) is 30.0 Å². The first-order valence-corrected chi connectivity index (χ1v) is 22.7. The summed E-state index contributed by atoms with van der Waals surface area (Å²) in [5, 5.41) is 54.2. The molecule has 0 radical (unpaired) electrons. The van der Waals surface area contributed by atoms with Crippen LogP contribution in [0.1, 0.15) is 65.5 Å². The molecule has 356 valence electrons. The molecular weight excluding hydrogens is 958 g/mol. The van der Waals surface area contributed by atoms with Crippen molar-refractivity contribution in [2.45, 2.75) is 69.4 Å². The van der Waals surface area contributed by atoms with Crippen LogP contribution in [-0.4, -0.2) is 82.2 Å². The Labute approximate surface area is 422 Å². The van der Waals surface area contributed by atoms with E-state index in [4.69, 9.17) is 9.98 Å². The van der Waals surface area contributed by atoms with E-state index < -0.39 is 42.5 Å². The monoisotopic (exact) mass is 1010 g/mol. The van der Waals surface area contributed by atoms with Gasteiger partial charge < -0.3 is 30.0 Å². The number of hydrogen-bond donors (Lipinski definition) is 0. The van der Waals surface area contributed by atoms with Crippen molar-refractivity contribution in [2.24, 2.45) is 20.0 Å². The molecule has 12 nitrogen and oxygen atoms in total. The molecule has 0 N–H and O–H groups in total. The van der Waals surface area contributed by atoms with Gasteiger partial charge in [0.1, 0.15) is 0 Å². The number of carboxylic acids is 2. The molecule has 2 heterocycles. The zero-order valence-electron chi connectivity index (χ0n) is 37.6. The second kappa shape index (κ2) is 25.2. The topological polar surface area (TPSA) is 182 Å². The Bertz CT molecular complexity index is 2570. The van der Waals surface area contributed by atoms with Crippen LogP contribution in [0.15, 0.2) is 190 Å². The number of carbonyl (C=O) groups is 2. The second-order valence-corrected chi connectivity index (χ2v) is 16.8. The first kappa shape index (κ1) is 51.8. The number of carbonyl (C=O) groups excluding carboxylic acids is 2. The Balaban J connectivity index is 0.00000391. The van der Waals surface area contributed by atoms with Crippen LogP contribution in [0.4, 0.5) is 11.4 Å². The molecule has 0 aliphatic carbocycles. The minimum absolute atomic E-state index is 0. The van der Waals surface area contributed by atoms with Crippen LogP contribution in [0.25, 0.3) is 0 Å². The normalized spacial score (nSPS) is 17.9. The SMILES string of the molecule is O=C([O-])[C@H](C[C@@H](N=C(c1ccccc1)c1ccccc1N=C([O-])[C@H]1CCCN1Cc1ccccc1)C(=O)[O-])N=C(c1ccccc1)c1ccccc1N=C([O-])[C@@H]1CCCN1Cc1ccccc1.[Ni+2].[Ni+2]. The Morgan fingerprint density at radius 1 is 0.478 bits per heavy atom. The van der Waals surface area contributed by atoms with E-state index in [-0.39, 0.29) is 67.6 Å². The summed E-state index contributed by atoms with van der Waals surface area (Å²) in [5.74, 6) is -3.93. The summed E-state index contributed by atoms with van der Waals surface area (Å²) in [7, 11) is 0. The molecule has 8 rings (SSSR count). The van der Waals surface area contributed by atoms with Crippen molar-refractivity contribution in [1.29, 1.82) is 0 Å². The summed E-state index contributed by atoms with van der Waals surface area (Å²) in [6.07, 6.45) is 2.31. The smallest absolute Gasteiger partial charge is 0.861 e. The number of nitrogens with zero attached hydrogens (tertiary/aromatic N) is 6. The Kier molecular flexibility index (Phi) is 18.9. The third-order valence-corrected chi connectivity index (χ3v) is 12.2. The van der Waals surface area contributed by atoms with E-state index in [1.807, 2.05) is 60.7 Å². The number of hydrogen-bond acceptors (Lipinski definition) is 12. The van der Waals surface area contributed by atoms with Gasteiger partial charge in [0.15, 0.2) is 0 Å². The first-order valence-electron chi connectivity index (χ1n) is 22.7. The largest absolute Gasteiger partial charge is 2.00 e. The van der Waals surface area contributed by atoms with Gasteiger partial charge in [-0.3, -0.25) is 29.8 Å². The molecule has 0 unspecified atom stereocenters. The minimum atomic E-state index is -1.75. The third kappa shape index (κ3) is 13.4. The Hall–Kier alpha value is -6.55. The number of aliphatic carboxylic acids is 2. The fourth-order valence-electron chi connectivity index (χ4n) is 8.87. The summed E-state index contributed by atoms with van der Waals surface area (Å²) >= 11 is 0. The molecular formula is C55H50N6Ni2O6. The van der Waals surface area contributed by atoms with Crippen molar-refractivity contribution in [2.75, 3.05) is 13.1 Å². The molecule has 0 aromatic heterocycles. The van der Waals surface area contributed by atoms with Gasteiger partial charge >= 0.3 is 33.0 Å². The van der Waals surface area contributed by atoms with Crippen LogP contribution in [-0.2, 0) is 55.7 Å². The predicted molar refractivity (Wildman–Crippen MR) is 253 cm³/mol. The fraction of sp³-hybridized carbons (Fsp3) is 0.236. The van der Waals surface area contributed by atoms with Crippen LogP contribution in [0.5, 0.6) is 0 Å². The zero-order chi connectivity index (χ0) is 46.5. The summed E-state index contributed by atoms with van der Waals surface area (Å²) in [6, 6.07) is 46.9. The molecule has 6 aromatic carbocycles. The van der Waals surface area contributed by atoms with Crippen LogP contribution in [0, 0.1) is 0 Å². The molecule has 0 saturated carbocycles. The number of likely N-dealkylation sites (tertiary alicyclic amines) is 2. The molecule has 69 heavy (non-hydrogen) atoms. The van der Waals surface area contributed by atoms with Crippen LogP contribution < -0.4 is 20.4 Å². The van der Waals surface area contributed by atoms with Crippen molar-refractivity contribution < 1.29 is 63.0 Å². The minimum Gasteiger partial charge on any atom is -0.861 e. The maximum Gasteiger partial charge on any atom is 2.00 e. The molecule has 2 fully saturated rings. The summed E-state index contributed by atoms with van der Waals surface area (Å²) < 4.78 is 0. The number of aliphatic imine (C=N–C) groups is 4. The van der Waals surface area contributed by atoms with Gasteiger partial charge in [0, 0.05) is 53.8 Å². The van der Waals surface area contributed by atoms with Gasteiger partial charge in [-0.2, -0.15) is 0 Å². The quantitative estimate of drug-likeness (QED) is 0.0669. The maximum absolute atomic E-state index is 14.0. The van der Waals surface area contributed by atoms with Gasteiger partial charge in [0.2, 0.25) is 0 Å². The van der Waals surface area contributed by atoms with Crippen LogP contribution >= 0.6 is 0 Å². The summed E-state index contributed by atoms with van der Waals surface area (Å²) in [6.45, 7) is 2.68. The molecule has 4 atom stereocenters. The van der Waals surface area contributed by atoms with Gasteiger partial charge in [-0.25, -0.2) is 0 Å². The number of benzene rings is 6. The first-order chi connectivity index (χ1) is 32.7. The van der Waals surface area contributed by atoms with Gasteiger partial charge in [-0.05, 0) is 73.8 Å². The molecule has 0 amide bonds. The molecule has 6 aromatic rings. The Morgan fingerprint density at radius 2 is 0.812 bits per heavy atom. The standard InChI is InChI=1S/C55H54N6O6.2Ni/c62-52(48-31-17-33-60(48)36-38-19-5-1-6-20-38)58-44-29-15-13-27-42(44)50(40-23-9-3-10-24-40)56-46(54(64)65)35-47(55(66)67)57-51(41-25-11-4-12-26-41)43-28-14-16-30-45(43)59-53(63)49-32-18-34-61(49)37-39-21-7-2-8-22-39;;/h1-16,19-30,46-49H,17-18,31-37H2,(H,58,62)(H,59,63)(H,64,65)(H,66,67);;/q;2*+2/p-4/t46-,47+,48-,49+;;. The summed E-state index contributed by atoms with van der Waals surface area (Å²) in [5.41, 5.74) is 4.88. The van der Waals surface area contributed by atoms with Crippen LogP contribution in [0.2, 0.25) is 0 Å². The second-order valence-electron chi connectivity index (χ2n) is 16.8. The maximum atomic E-state index is 14.0. The average molecular weight is 1010 g/mol. The Morgan fingerprint density at radius 3 is 1.17 bits per heavy atom. The van der Waals surface area contributed by atoms with E-state index in [1.165, 1.54) is 0 Å². The average Bonchev–Trinajstić information content (AvgIpc) is 4.03. The van der Waals surface area contributed by atoms with Crippen molar-refractivity contribution in [3.05, 3.63) is 203 Å². The van der Waals surface area contributed by atoms with Gasteiger partial charge in [0.25, 0.3) is 0 Å². The molecule has 2 aliphatic heterocycles. The number of para-hydroxylation sites is 2. The van der Waals surface area contributed by atoms with Crippen molar-refractivity contribution in [3.63, 3.8) is 0 Å². The molecule has 0 spiro atoms. The van der Waals surface area contributed by atoms with Gasteiger partial charge in [-0.1, -0.05) is 158 Å². The summed E-state index contributed by atoms with van der Waals surface area (Å²) in [4.78, 5) is 49.1. The molecule has 2 saturated heterocycles. The van der Waals surface area contributed by atoms with E-state index in [1.54, 1.807) is 109 Å².